The van der Waals surface area contributed by atoms with Crippen molar-refractivity contribution in [3.8, 4) is 0 Å². The van der Waals surface area contributed by atoms with Gasteiger partial charge in [-0.05, 0) is 25.7 Å². The van der Waals surface area contributed by atoms with Crippen molar-refractivity contribution in [2.24, 2.45) is 0 Å². The fourth-order valence-corrected chi connectivity index (χ4v) is 3.20. The molecule has 20 heavy (non-hydrogen) atoms. The van der Waals surface area contributed by atoms with Crippen LogP contribution in [-0.2, 0) is 10.1 Å². The van der Waals surface area contributed by atoms with Crippen LogP contribution in [-0.4, -0.2) is 29.4 Å². The monoisotopic (exact) mass is 316 g/mol. The van der Waals surface area contributed by atoms with Gasteiger partial charge in [0.1, 0.15) is 0 Å². The van der Waals surface area contributed by atoms with Crippen LogP contribution in [0.25, 0.3) is 0 Å². The van der Waals surface area contributed by atoms with Crippen LogP contribution in [0, 0.1) is 0 Å². The average Bonchev–Trinajstić information content (AvgIpc) is 2.31. The van der Waals surface area contributed by atoms with E-state index >= 15 is 0 Å². The Bertz CT molecular complexity index is 306. The van der Waals surface area contributed by atoms with E-state index in [0.29, 0.717) is 25.7 Å². The van der Waals surface area contributed by atoms with Gasteiger partial charge in [-0.15, -0.1) is 0 Å². The van der Waals surface area contributed by atoms with Crippen molar-refractivity contribution < 1.29 is 47.6 Å². The van der Waals surface area contributed by atoms with Crippen LogP contribution in [0.2, 0.25) is 0 Å². The number of hydrogen-bond acceptors (Lipinski definition) is 4. The quantitative estimate of drug-likeness (QED) is 0.317. The van der Waals surface area contributed by atoms with E-state index in [2.05, 4.69) is 6.92 Å². The van der Waals surface area contributed by atoms with Crippen molar-refractivity contribution in [1.82, 2.24) is 0 Å². The number of aliphatic hydroxyl groups excluding tert-OH is 1. The number of unbranched alkanes of at least 4 members (excludes halogenated alkanes) is 3. The molecule has 1 N–H and O–H groups in total. The molecule has 0 saturated heterocycles. The molecule has 0 aromatic carbocycles. The topological polar surface area (TPSA) is 77.4 Å². The summed E-state index contributed by atoms with van der Waals surface area (Å²) in [4.78, 5) is 0. The first-order chi connectivity index (χ1) is 8.91. The minimum absolute atomic E-state index is 0. The van der Waals surface area contributed by atoms with Crippen LogP contribution in [0.3, 0.4) is 0 Å². The van der Waals surface area contributed by atoms with Gasteiger partial charge in [-0.3, -0.25) is 0 Å². The van der Waals surface area contributed by atoms with Gasteiger partial charge in [0.2, 0.25) is 0 Å². The first-order valence-corrected chi connectivity index (χ1v) is 9.01. The normalized spacial score (nSPS) is 14.6. The van der Waals surface area contributed by atoms with E-state index in [4.69, 9.17) is 0 Å². The van der Waals surface area contributed by atoms with Gasteiger partial charge in [-0.25, -0.2) is 8.42 Å². The van der Waals surface area contributed by atoms with Crippen LogP contribution < -0.4 is 29.6 Å². The Balaban J connectivity index is 0. The van der Waals surface area contributed by atoms with E-state index in [1.165, 1.54) is 0 Å². The Morgan fingerprint density at radius 2 is 1.40 bits per heavy atom. The maximum absolute atomic E-state index is 11.2. The summed E-state index contributed by atoms with van der Waals surface area (Å²) in [5, 5.41) is 8.83. The maximum Gasteiger partial charge on any atom is 1.00 e. The van der Waals surface area contributed by atoms with Gasteiger partial charge in [0.15, 0.2) is 0 Å². The molecule has 0 aliphatic rings. The molecule has 0 bridgehead atoms. The Hall–Kier alpha value is 0.870. The molecule has 0 aromatic heterocycles. The molecule has 0 rings (SSSR count). The fourth-order valence-electron chi connectivity index (χ4n) is 2.28. The maximum atomic E-state index is 11.2. The molecule has 4 nitrogen and oxygen atoms in total. The molecular formula is C14H29NaO4S. The fraction of sp³-hybridized carbons (Fsp3) is 1.00. The van der Waals surface area contributed by atoms with Crippen molar-refractivity contribution in [2.45, 2.75) is 89.4 Å². The second kappa shape index (κ2) is 13.5. The summed E-state index contributed by atoms with van der Waals surface area (Å²) in [6.45, 7) is 4.08. The molecule has 2 atom stereocenters. The van der Waals surface area contributed by atoms with Crippen LogP contribution in [0.5, 0.6) is 0 Å². The molecule has 0 spiro atoms. The molecule has 6 heteroatoms. The minimum atomic E-state index is -4.17. The first-order valence-electron chi connectivity index (χ1n) is 7.54. The molecular weight excluding hydrogens is 287 g/mol. The molecule has 0 aliphatic heterocycles. The third-order valence-electron chi connectivity index (χ3n) is 3.47. The molecule has 116 valence electrons. The predicted molar refractivity (Wildman–Crippen MR) is 77.0 cm³/mol. The molecule has 0 radical (unpaired) electrons. The molecule has 0 aliphatic carbocycles. The minimum Gasteiger partial charge on any atom is -0.748 e. The van der Waals surface area contributed by atoms with Crippen molar-refractivity contribution in [2.75, 3.05) is 0 Å². The van der Waals surface area contributed by atoms with Gasteiger partial charge in [-0.2, -0.15) is 0 Å². The van der Waals surface area contributed by atoms with E-state index in [0.717, 1.165) is 38.5 Å². The zero-order valence-electron chi connectivity index (χ0n) is 13.3. The first kappa shape index (κ1) is 23.1. The van der Waals surface area contributed by atoms with Crippen LogP contribution in [0.4, 0.5) is 0 Å². The van der Waals surface area contributed by atoms with Crippen molar-refractivity contribution in [1.29, 1.82) is 0 Å². The van der Waals surface area contributed by atoms with Crippen LogP contribution >= 0.6 is 0 Å². The number of rotatable bonds is 12. The summed E-state index contributed by atoms with van der Waals surface area (Å²) >= 11 is 0. The zero-order valence-corrected chi connectivity index (χ0v) is 16.1. The molecule has 0 fully saturated rings. The number of hydrogen-bond donors (Lipinski definition) is 1. The van der Waals surface area contributed by atoms with Gasteiger partial charge in [-0.1, -0.05) is 52.4 Å². The Morgan fingerprint density at radius 1 is 0.900 bits per heavy atom. The number of aliphatic hydroxyl groups is 1. The molecule has 2 unspecified atom stereocenters. The molecule has 0 saturated carbocycles. The van der Waals surface area contributed by atoms with Crippen molar-refractivity contribution in [3.63, 3.8) is 0 Å². The smallest absolute Gasteiger partial charge is 0.748 e. The van der Waals surface area contributed by atoms with E-state index in [1.54, 1.807) is 0 Å². The molecule has 0 amide bonds. The largest absolute Gasteiger partial charge is 1.00 e. The summed E-state index contributed by atoms with van der Waals surface area (Å²) in [7, 11) is -4.17. The van der Waals surface area contributed by atoms with Gasteiger partial charge < -0.3 is 9.66 Å². The summed E-state index contributed by atoms with van der Waals surface area (Å²) in [6, 6.07) is 0. The Kier molecular flexibility index (Phi) is 15.7. The Morgan fingerprint density at radius 3 is 1.85 bits per heavy atom. The predicted octanol–water partition coefficient (Wildman–Crippen LogP) is 0.206. The van der Waals surface area contributed by atoms with Crippen LogP contribution in [0.1, 0.15) is 78.1 Å². The van der Waals surface area contributed by atoms with Gasteiger partial charge in [0.05, 0.1) is 16.2 Å². The summed E-state index contributed by atoms with van der Waals surface area (Å²) in [6.07, 6.45) is 7.39. The molecule has 0 heterocycles. The van der Waals surface area contributed by atoms with Crippen molar-refractivity contribution >= 4 is 10.1 Å². The van der Waals surface area contributed by atoms with Crippen molar-refractivity contribution in [3.05, 3.63) is 0 Å². The van der Waals surface area contributed by atoms with Crippen LogP contribution in [0.15, 0.2) is 0 Å². The SMILES string of the molecule is CCCCCC(CCCCC(O)CCC)S(=O)(=O)[O-].[Na+]. The second-order valence-electron chi connectivity index (χ2n) is 5.34. The van der Waals surface area contributed by atoms with E-state index in [-0.39, 0.29) is 35.7 Å². The van der Waals surface area contributed by atoms with Gasteiger partial charge in [0, 0.05) is 5.25 Å². The van der Waals surface area contributed by atoms with E-state index in [9.17, 15) is 18.1 Å². The zero-order chi connectivity index (χ0) is 14.7. The average molecular weight is 316 g/mol. The summed E-state index contributed by atoms with van der Waals surface area (Å²) in [5.74, 6) is 0. The van der Waals surface area contributed by atoms with E-state index in [1.807, 2.05) is 6.92 Å². The third kappa shape index (κ3) is 12.6. The van der Waals surface area contributed by atoms with Gasteiger partial charge in [0.25, 0.3) is 0 Å². The van der Waals surface area contributed by atoms with Gasteiger partial charge >= 0.3 is 29.6 Å². The second-order valence-corrected chi connectivity index (χ2v) is 6.99. The summed E-state index contributed by atoms with van der Waals surface area (Å²) in [5.41, 5.74) is 0. The summed E-state index contributed by atoms with van der Waals surface area (Å²) < 4.78 is 33.5. The standard InChI is InChI=1S/C14H30O4S.Na/c1-3-5-6-11-14(19(16,17)18)12-8-7-10-13(15)9-4-2;/h13-15H,3-12H2,1-2H3,(H,16,17,18);/q;+1/p-1. The molecule has 0 aromatic rings. The third-order valence-corrected chi connectivity index (χ3v) is 4.76. The Labute approximate surface area is 146 Å². The van der Waals surface area contributed by atoms with E-state index < -0.39 is 15.4 Å².